The summed E-state index contributed by atoms with van der Waals surface area (Å²) in [7, 11) is -2.66. The predicted molar refractivity (Wildman–Crippen MR) is 83.1 cm³/mol. The summed E-state index contributed by atoms with van der Waals surface area (Å²) in [5.41, 5.74) is 0. The van der Waals surface area contributed by atoms with Crippen molar-refractivity contribution in [2.75, 3.05) is 19.8 Å². The van der Waals surface area contributed by atoms with E-state index in [1.807, 2.05) is 6.08 Å². The average Bonchev–Trinajstić information content (AvgIpc) is 2.44. The molecule has 4 heteroatoms. The minimum Gasteiger partial charge on any atom is -0.370 e. The van der Waals surface area contributed by atoms with Gasteiger partial charge in [0, 0.05) is 6.04 Å². The van der Waals surface area contributed by atoms with Gasteiger partial charge >= 0.3 is 8.80 Å². The molecule has 0 atom stereocenters. The molecule has 0 amide bonds. The van der Waals surface area contributed by atoms with E-state index in [1.165, 1.54) is 0 Å². The molecule has 0 aromatic heterocycles. The van der Waals surface area contributed by atoms with Gasteiger partial charge in [0.25, 0.3) is 0 Å². The molecule has 0 saturated carbocycles. The van der Waals surface area contributed by atoms with Crippen molar-refractivity contribution in [2.24, 2.45) is 0 Å². The van der Waals surface area contributed by atoms with E-state index in [2.05, 4.69) is 26.3 Å². The molecule has 0 aliphatic heterocycles. The van der Waals surface area contributed by atoms with Gasteiger partial charge in [-0.1, -0.05) is 24.3 Å². The van der Waals surface area contributed by atoms with E-state index in [9.17, 15) is 0 Å². The maximum atomic E-state index is 5.82. The molecule has 0 rings (SSSR count). The summed E-state index contributed by atoms with van der Waals surface area (Å²) in [5.74, 6) is 0. The fraction of sp³-hybridized carbons (Fsp3) is 0.467. The third kappa shape index (κ3) is 8.72. The highest BCUT2D eigenvalue weighted by Crippen LogP contribution is 2.20. The normalized spacial score (nSPS) is 10.9. The second kappa shape index (κ2) is 12.1. The van der Waals surface area contributed by atoms with Crippen LogP contribution in [0, 0.1) is 0 Å². The molecule has 0 unspecified atom stereocenters. The summed E-state index contributed by atoms with van der Waals surface area (Å²) >= 11 is 0. The SMILES string of the molecule is C=CCCCC[Si](OCC=C)(OCC=C)OCC=C. The van der Waals surface area contributed by atoms with Gasteiger partial charge in [-0.3, -0.25) is 0 Å². The van der Waals surface area contributed by atoms with Crippen LogP contribution in [-0.2, 0) is 13.3 Å². The Hall–Kier alpha value is -0.943. The molecule has 3 nitrogen and oxygen atoms in total. The van der Waals surface area contributed by atoms with Gasteiger partial charge < -0.3 is 13.3 Å². The first-order valence-corrected chi connectivity index (χ1v) is 8.53. The van der Waals surface area contributed by atoms with E-state index in [0.717, 1.165) is 25.3 Å². The smallest absolute Gasteiger partial charge is 0.370 e. The maximum absolute atomic E-state index is 5.82. The fourth-order valence-corrected chi connectivity index (χ4v) is 4.01. The van der Waals surface area contributed by atoms with Crippen molar-refractivity contribution in [3.63, 3.8) is 0 Å². The molecular formula is C15H26O3Si. The Labute approximate surface area is 118 Å². The lowest BCUT2D eigenvalue weighted by molar-refractivity contribution is 0.0854. The summed E-state index contributed by atoms with van der Waals surface area (Å²) in [6.07, 6.45) is 10.1. The summed E-state index contributed by atoms with van der Waals surface area (Å²) in [4.78, 5) is 0. The van der Waals surface area contributed by atoms with Crippen molar-refractivity contribution in [3.05, 3.63) is 50.6 Å². The fourth-order valence-electron chi connectivity index (χ4n) is 1.53. The molecule has 0 aliphatic carbocycles. The zero-order valence-electron chi connectivity index (χ0n) is 11.8. The summed E-state index contributed by atoms with van der Waals surface area (Å²) < 4.78 is 17.5. The highest BCUT2D eigenvalue weighted by Gasteiger charge is 2.39. The van der Waals surface area contributed by atoms with E-state index in [4.69, 9.17) is 13.3 Å². The monoisotopic (exact) mass is 282 g/mol. The molecule has 0 aliphatic rings. The van der Waals surface area contributed by atoms with Gasteiger partial charge in [0.1, 0.15) is 0 Å². The van der Waals surface area contributed by atoms with Crippen LogP contribution >= 0.6 is 0 Å². The standard InChI is InChI=1S/C15H26O3Si/c1-5-9-10-11-15-19(16-12-6-2,17-13-7-3)18-14-8-4/h5-8H,1-4,9-15H2. The number of rotatable bonds is 14. The van der Waals surface area contributed by atoms with Gasteiger partial charge in [-0.25, -0.2) is 0 Å². The molecule has 0 spiro atoms. The Balaban J connectivity index is 4.54. The Morgan fingerprint density at radius 1 is 0.684 bits per heavy atom. The minimum atomic E-state index is -2.66. The van der Waals surface area contributed by atoms with Crippen molar-refractivity contribution in [3.8, 4) is 0 Å². The third-order valence-electron chi connectivity index (χ3n) is 2.40. The van der Waals surface area contributed by atoms with Crippen molar-refractivity contribution >= 4 is 8.80 Å². The molecule has 0 radical (unpaired) electrons. The van der Waals surface area contributed by atoms with E-state index >= 15 is 0 Å². The largest absolute Gasteiger partial charge is 0.501 e. The highest BCUT2D eigenvalue weighted by molar-refractivity contribution is 6.60. The van der Waals surface area contributed by atoms with E-state index in [0.29, 0.717) is 19.8 Å². The quantitative estimate of drug-likeness (QED) is 0.275. The van der Waals surface area contributed by atoms with Crippen molar-refractivity contribution in [2.45, 2.75) is 25.3 Å². The molecule has 0 bridgehead atoms. The highest BCUT2D eigenvalue weighted by atomic mass is 28.4. The van der Waals surface area contributed by atoms with Crippen LogP contribution < -0.4 is 0 Å². The second-order valence-corrected chi connectivity index (χ2v) is 6.75. The second-order valence-electron chi connectivity index (χ2n) is 4.02. The lowest BCUT2D eigenvalue weighted by atomic mass is 10.2. The van der Waals surface area contributed by atoms with Gasteiger partial charge in [0.15, 0.2) is 0 Å². The van der Waals surface area contributed by atoms with Gasteiger partial charge in [-0.05, 0) is 19.3 Å². The summed E-state index contributed by atoms with van der Waals surface area (Å²) in [6.45, 7) is 16.0. The van der Waals surface area contributed by atoms with Gasteiger partial charge in [0.05, 0.1) is 19.8 Å². The number of hydrogen-bond acceptors (Lipinski definition) is 3. The molecule has 0 saturated heterocycles. The molecule has 19 heavy (non-hydrogen) atoms. The predicted octanol–water partition coefficient (Wildman–Crippen LogP) is 3.89. The first-order valence-electron chi connectivity index (χ1n) is 6.60. The van der Waals surface area contributed by atoms with Crippen LogP contribution in [-0.4, -0.2) is 28.6 Å². The van der Waals surface area contributed by atoms with Crippen LogP contribution in [0.1, 0.15) is 19.3 Å². The Kier molecular flexibility index (Phi) is 11.5. The zero-order chi connectivity index (χ0) is 14.4. The average molecular weight is 282 g/mol. The summed E-state index contributed by atoms with van der Waals surface area (Å²) in [6, 6.07) is 0.788. The minimum absolute atomic E-state index is 0.433. The number of hydrogen-bond donors (Lipinski definition) is 0. The van der Waals surface area contributed by atoms with Crippen LogP contribution in [0.2, 0.25) is 6.04 Å². The molecule has 0 fully saturated rings. The van der Waals surface area contributed by atoms with E-state index < -0.39 is 8.80 Å². The zero-order valence-corrected chi connectivity index (χ0v) is 12.8. The third-order valence-corrected chi connectivity index (χ3v) is 5.19. The van der Waals surface area contributed by atoms with Crippen LogP contribution in [0.4, 0.5) is 0 Å². The van der Waals surface area contributed by atoms with Gasteiger partial charge in [0.2, 0.25) is 0 Å². The van der Waals surface area contributed by atoms with Gasteiger partial charge in [-0.2, -0.15) is 0 Å². The lowest BCUT2D eigenvalue weighted by Crippen LogP contribution is -2.46. The Morgan fingerprint density at radius 2 is 1.16 bits per heavy atom. The molecule has 0 N–H and O–H groups in total. The van der Waals surface area contributed by atoms with Crippen LogP contribution in [0.25, 0.3) is 0 Å². The topological polar surface area (TPSA) is 27.7 Å². The van der Waals surface area contributed by atoms with Crippen molar-refractivity contribution < 1.29 is 13.3 Å². The summed E-state index contributed by atoms with van der Waals surface area (Å²) in [5, 5.41) is 0. The number of allylic oxidation sites excluding steroid dienone is 1. The Bertz CT molecular complexity index is 245. The van der Waals surface area contributed by atoms with Crippen LogP contribution in [0.15, 0.2) is 50.6 Å². The molecule has 0 aromatic carbocycles. The van der Waals surface area contributed by atoms with E-state index in [-0.39, 0.29) is 0 Å². The maximum Gasteiger partial charge on any atom is 0.501 e. The molecule has 0 aromatic rings. The number of unbranched alkanes of at least 4 members (excludes halogenated alkanes) is 2. The lowest BCUT2D eigenvalue weighted by Gasteiger charge is -2.28. The van der Waals surface area contributed by atoms with Crippen LogP contribution in [0.3, 0.4) is 0 Å². The first-order chi connectivity index (χ1) is 9.24. The van der Waals surface area contributed by atoms with Crippen molar-refractivity contribution in [1.29, 1.82) is 0 Å². The van der Waals surface area contributed by atoms with Crippen molar-refractivity contribution in [1.82, 2.24) is 0 Å². The molecule has 108 valence electrons. The van der Waals surface area contributed by atoms with Gasteiger partial charge in [-0.15, -0.1) is 26.3 Å². The molecule has 0 heterocycles. The first kappa shape index (κ1) is 18.1. The Morgan fingerprint density at radius 3 is 1.53 bits per heavy atom. The van der Waals surface area contributed by atoms with E-state index in [1.54, 1.807) is 18.2 Å². The van der Waals surface area contributed by atoms with Crippen LogP contribution in [0.5, 0.6) is 0 Å². The molecular weight excluding hydrogens is 256 g/mol.